The van der Waals surface area contributed by atoms with Crippen LogP contribution in [0.1, 0.15) is 33.6 Å². The SMILES string of the molecule is CCNC(CC)C(C)N1CCC(C(F)(F)F)C1. The Kier molecular flexibility index (Phi) is 5.25. The molecule has 102 valence electrons. The van der Waals surface area contributed by atoms with Crippen molar-refractivity contribution in [3.8, 4) is 0 Å². The average Bonchev–Trinajstić information content (AvgIpc) is 2.73. The maximum Gasteiger partial charge on any atom is 0.393 e. The second-order valence-electron chi connectivity index (χ2n) is 4.84. The van der Waals surface area contributed by atoms with Crippen molar-refractivity contribution in [3.63, 3.8) is 0 Å². The lowest BCUT2D eigenvalue weighted by Crippen LogP contribution is -2.47. The van der Waals surface area contributed by atoms with Gasteiger partial charge in [0.2, 0.25) is 0 Å². The van der Waals surface area contributed by atoms with Gasteiger partial charge in [-0.2, -0.15) is 13.2 Å². The molecule has 1 aliphatic rings. The highest BCUT2D eigenvalue weighted by atomic mass is 19.4. The third-order valence-corrected chi connectivity index (χ3v) is 3.75. The Morgan fingerprint density at radius 3 is 2.41 bits per heavy atom. The molecule has 1 aliphatic heterocycles. The highest BCUT2D eigenvalue weighted by Gasteiger charge is 2.44. The Hall–Kier alpha value is -0.290. The molecule has 0 aromatic carbocycles. The quantitative estimate of drug-likeness (QED) is 0.809. The normalized spacial score (nSPS) is 26.1. The molecular formula is C12H23F3N2. The van der Waals surface area contributed by atoms with Crippen LogP contribution in [0.5, 0.6) is 0 Å². The minimum absolute atomic E-state index is 0.159. The van der Waals surface area contributed by atoms with Crippen molar-refractivity contribution in [2.45, 2.75) is 51.9 Å². The summed E-state index contributed by atoms with van der Waals surface area (Å²) in [5.41, 5.74) is 0. The summed E-state index contributed by atoms with van der Waals surface area (Å²) >= 11 is 0. The second-order valence-corrected chi connectivity index (χ2v) is 4.84. The lowest BCUT2D eigenvalue weighted by atomic mass is 10.1. The largest absolute Gasteiger partial charge is 0.393 e. The van der Waals surface area contributed by atoms with Crippen LogP contribution in [0, 0.1) is 5.92 Å². The summed E-state index contributed by atoms with van der Waals surface area (Å²) in [4.78, 5) is 1.97. The summed E-state index contributed by atoms with van der Waals surface area (Å²) in [6.07, 6.45) is -2.84. The van der Waals surface area contributed by atoms with E-state index in [1.807, 2.05) is 18.7 Å². The van der Waals surface area contributed by atoms with Crippen LogP contribution in [0.2, 0.25) is 0 Å². The van der Waals surface area contributed by atoms with Gasteiger partial charge in [-0.3, -0.25) is 4.90 Å². The molecule has 1 heterocycles. The first-order valence-corrected chi connectivity index (χ1v) is 6.44. The van der Waals surface area contributed by atoms with Crippen LogP contribution in [-0.4, -0.2) is 42.8 Å². The number of likely N-dealkylation sites (N-methyl/N-ethyl adjacent to an activating group) is 1. The van der Waals surface area contributed by atoms with Crippen LogP contribution in [0.25, 0.3) is 0 Å². The van der Waals surface area contributed by atoms with E-state index in [1.54, 1.807) is 0 Å². The number of hydrogen-bond donors (Lipinski definition) is 1. The first-order chi connectivity index (χ1) is 7.90. The predicted molar refractivity (Wildman–Crippen MR) is 63.0 cm³/mol. The first kappa shape index (κ1) is 14.8. The highest BCUT2D eigenvalue weighted by Crippen LogP contribution is 2.34. The zero-order valence-corrected chi connectivity index (χ0v) is 10.8. The van der Waals surface area contributed by atoms with Crippen LogP contribution in [-0.2, 0) is 0 Å². The molecule has 17 heavy (non-hydrogen) atoms. The summed E-state index contributed by atoms with van der Waals surface area (Å²) < 4.78 is 37.8. The van der Waals surface area contributed by atoms with Crippen LogP contribution in [0.3, 0.4) is 0 Å². The van der Waals surface area contributed by atoms with E-state index in [2.05, 4.69) is 12.2 Å². The minimum atomic E-state index is -4.03. The second kappa shape index (κ2) is 6.05. The van der Waals surface area contributed by atoms with Crippen molar-refractivity contribution < 1.29 is 13.2 Å². The van der Waals surface area contributed by atoms with E-state index in [9.17, 15) is 13.2 Å². The van der Waals surface area contributed by atoms with Crippen LogP contribution in [0.15, 0.2) is 0 Å². The molecule has 0 bridgehead atoms. The molecule has 0 amide bonds. The molecule has 0 spiro atoms. The maximum atomic E-state index is 12.6. The van der Waals surface area contributed by atoms with Crippen LogP contribution >= 0.6 is 0 Å². The Morgan fingerprint density at radius 2 is 2.00 bits per heavy atom. The van der Waals surface area contributed by atoms with Gasteiger partial charge in [-0.05, 0) is 32.9 Å². The molecule has 0 saturated carbocycles. The Morgan fingerprint density at radius 1 is 1.35 bits per heavy atom. The highest BCUT2D eigenvalue weighted by molar-refractivity contribution is 4.88. The topological polar surface area (TPSA) is 15.3 Å². The Balaban J connectivity index is 2.52. The molecule has 0 aliphatic carbocycles. The number of rotatable bonds is 5. The molecule has 0 radical (unpaired) electrons. The fraction of sp³-hybridized carbons (Fsp3) is 1.00. The average molecular weight is 252 g/mol. The zero-order chi connectivity index (χ0) is 13.1. The van der Waals surface area contributed by atoms with Gasteiger partial charge in [-0.1, -0.05) is 13.8 Å². The molecular weight excluding hydrogens is 229 g/mol. The third kappa shape index (κ3) is 3.85. The molecule has 0 aromatic rings. The molecule has 1 saturated heterocycles. The van der Waals surface area contributed by atoms with Crippen LogP contribution in [0.4, 0.5) is 13.2 Å². The van der Waals surface area contributed by atoms with Crippen molar-refractivity contribution >= 4 is 0 Å². The van der Waals surface area contributed by atoms with E-state index in [4.69, 9.17) is 0 Å². The monoisotopic (exact) mass is 252 g/mol. The summed E-state index contributed by atoms with van der Waals surface area (Å²) in [6, 6.07) is 0.458. The number of likely N-dealkylation sites (tertiary alicyclic amines) is 1. The van der Waals surface area contributed by atoms with Gasteiger partial charge in [0.25, 0.3) is 0 Å². The molecule has 5 heteroatoms. The van der Waals surface area contributed by atoms with Gasteiger partial charge in [-0.15, -0.1) is 0 Å². The van der Waals surface area contributed by atoms with Gasteiger partial charge in [-0.25, -0.2) is 0 Å². The lowest BCUT2D eigenvalue weighted by Gasteiger charge is -2.32. The van der Waals surface area contributed by atoms with Gasteiger partial charge < -0.3 is 5.32 Å². The third-order valence-electron chi connectivity index (χ3n) is 3.75. The predicted octanol–water partition coefficient (Wildman–Crippen LogP) is 2.65. The summed E-state index contributed by atoms with van der Waals surface area (Å²) in [5, 5.41) is 3.34. The maximum absolute atomic E-state index is 12.6. The van der Waals surface area contributed by atoms with Crippen molar-refractivity contribution in [1.29, 1.82) is 0 Å². The standard InChI is InChI=1S/C12H23F3N2/c1-4-11(16-5-2)9(3)17-7-6-10(8-17)12(13,14)15/h9-11,16H,4-8H2,1-3H3. The first-order valence-electron chi connectivity index (χ1n) is 6.44. The van der Waals surface area contributed by atoms with E-state index in [0.29, 0.717) is 6.54 Å². The van der Waals surface area contributed by atoms with Crippen LogP contribution < -0.4 is 5.32 Å². The van der Waals surface area contributed by atoms with Gasteiger partial charge in [0, 0.05) is 18.6 Å². The van der Waals surface area contributed by atoms with Gasteiger partial charge in [0.1, 0.15) is 0 Å². The summed E-state index contributed by atoms with van der Waals surface area (Å²) in [5.74, 6) is -1.14. The Labute approximate surface area is 102 Å². The van der Waals surface area contributed by atoms with Gasteiger partial charge in [0.05, 0.1) is 5.92 Å². The lowest BCUT2D eigenvalue weighted by molar-refractivity contribution is -0.171. The number of halogens is 3. The van der Waals surface area contributed by atoms with E-state index >= 15 is 0 Å². The van der Waals surface area contributed by atoms with E-state index in [0.717, 1.165) is 13.0 Å². The fourth-order valence-electron chi connectivity index (χ4n) is 2.60. The minimum Gasteiger partial charge on any atom is -0.313 e. The molecule has 1 N–H and O–H groups in total. The number of nitrogens with one attached hydrogen (secondary N) is 1. The molecule has 3 atom stereocenters. The number of hydrogen-bond acceptors (Lipinski definition) is 2. The summed E-state index contributed by atoms with van der Waals surface area (Å²) in [6.45, 7) is 7.70. The van der Waals surface area contributed by atoms with Gasteiger partial charge >= 0.3 is 6.18 Å². The van der Waals surface area contributed by atoms with Crippen molar-refractivity contribution in [3.05, 3.63) is 0 Å². The van der Waals surface area contributed by atoms with Gasteiger partial charge in [0.15, 0.2) is 0 Å². The molecule has 1 fully saturated rings. The number of nitrogens with zero attached hydrogens (tertiary/aromatic N) is 1. The molecule has 2 nitrogen and oxygen atoms in total. The molecule has 3 unspecified atom stereocenters. The van der Waals surface area contributed by atoms with Crippen molar-refractivity contribution in [2.24, 2.45) is 5.92 Å². The summed E-state index contributed by atoms with van der Waals surface area (Å²) in [7, 11) is 0. The molecule has 0 aromatic heterocycles. The van der Waals surface area contributed by atoms with Crippen molar-refractivity contribution in [1.82, 2.24) is 10.2 Å². The fourth-order valence-corrected chi connectivity index (χ4v) is 2.60. The smallest absolute Gasteiger partial charge is 0.313 e. The number of alkyl halides is 3. The van der Waals surface area contributed by atoms with E-state index < -0.39 is 12.1 Å². The molecule has 1 rings (SSSR count). The van der Waals surface area contributed by atoms with E-state index in [1.165, 1.54) is 0 Å². The Bertz CT molecular complexity index is 230. The van der Waals surface area contributed by atoms with E-state index in [-0.39, 0.29) is 25.0 Å². The van der Waals surface area contributed by atoms with Crippen molar-refractivity contribution in [2.75, 3.05) is 19.6 Å². The zero-order valence-electron chi connectivity index (χ0n) is 10.8.